The molecule has 0 fully saturated rings. The molecule has 1 aliphatic heterocycles. The van der Waals surface area contributed by atoms with E-state index in [1.807, 2.05) is 38.1 Å². The average Bonchev–Trinajstić information content (AvgIpc) is 3.06. The summed E-state index contributed by atoms with van der Waals surface area (Å²) in [6.45, 7) is 4.89. The molecule has 0 saturated carbocycles. The Morgan fingerprint density at radius 1 is 1.09 bits per heavy atom. The molecule has 2 heterocycles. The van der Waals surface area contributed by atoms with Crippen LogP contribution in [-0.2, 0) is 29.0 Å². The van der Waals surface area contributed by atoms with Crippen LogP contribution in [0.2, 0.25) is 0 Å². The van der Waals surface area contributed by atoms with Gasteiger partial charge in [-0.15, -0.1) is 0 Å². The van der Waals surface area contributed by atoms with Gasteiger partial charge in [0.15, 0.2) is 0 Å². The van der Waals surface area contributed by atoms with Crippen LogP contribution in [0.5, 0.6) is 0 Å². The Balaban J connectivity index is 1.61. The van der Waals surface area contributed by atoms with E-state index in [1.165, 1.54) is 4.90 Å². The number of amides is 2. The fraction of sp³-hybridized carbons (Fsp3) is 0.360. The van der Waals surface area contributed by atoms with Gasteiger partial charge in [0.2, 0.25) is 0 Å². The second-order valence-corrected chi connectivity index (χ2v) is 8.01. The second kappa shape index (κ2) is 9.34. The van der Waals surface area contributed by atoms with Gasteiger partial charge in [0.1, 0.15) is 5.82 Å². The Bertz CT molecular complexity index is 1230. The number of para-hydroxylation sites is 1. The number of likely N-dealkylation sites (N-methyl/N-ethyl adjacent to an activating group) is 1. The SMILES string of the molecule is CCc1ccccc1N(CC)C(=O)C(=O)Nc1ccc2nc3n(c(=O)c2c1)CCCCC3. The number of nitrogens with zero attached hydrogens (tertiary/aromatic N) is 3. The van der Waals surface area contributed by atoms with Crippen molar-refractivity contribution in [3.8, 4) is 0 Å². The Morgan fingerprint density at radius 2 is 1.91 bits per heavy atom. The van der Waals surface area contributed by atoms with Crippen LogP contribution in [0.1, 0.15) is 44.5 Å². The van der Waals surface area contributed by atoms with E-state index in [0.717, 1.165) is 49.2 Å². The normalized spacial score (nSPS) is 13.3. The molecule has 1 aromatic heterocycles. The molecule has 3 aromatic rings. The van der Waals surface area contributed by atoms with Crippen LogP contribution in [0.3, 0.4) is 0 Å². The van der Waals surface area contributed by atoms with E-state index in [0.29, 0.717) is 29.7 Å². The number of benzene rings is 2. The predicted octanol–water partition coefficient (Wildman–Crippen LogP) is 3.68. The molecular formula is C25H28N4O3. The van der Waals surface area contributed by atoms with Gasteiger partial charge >= 0.3 is 11.8 Å². The third-order valence-corrected chi connectivity index (χ3v) is 5.99. The molecule has 2 aromatic carbocycles. The zero-order valence-electron chi connectivity index (χ0n) is 18.6. The predicted molar refractivity (Wildman–Crippen MR) is 126 cm³/mol. The topological polar surface area (TPSA) is 84.3 Å². The maximum Gasteiger partial charge on any atom is 0.316 e. The lowest BCUT2D eigenvalue weighted by molar-refractivity contribution is -0.134. The molecule has 1 aliphatic rings. The molecule has 0 radical (unpaired) electrons. The van der Waals surface area contributed by atoms with Crippen molar-refractivity contribution in [1.29, 1.82) is 0 Å². The molecular weight excluding hydrogens is 404 g/mol. The number of hydrogen-bond donors (Lipinski definition) is 1. The van der Waals surface area contributed by atoms with Crippen LogP contribution in [0.15, 0.2) is 47.3 Å². The fourth-order valence-electron chi connectivity index (χ4n) is 4.30. The quantitative estimate of drug-likeness (QED) is 0.638. The zero-order valence-corrected chi connectivity index (χ0v) is 18.6. The number of hydrogen-bond acceptors (Lipinski definition) is 4. The summed E-state index contributed by atoms with van der Waals surface area (Å²) in [5, 5.41) is 3.12. The summed E-state index contributed by atoms with van der Waals surface area (Å²) in [5.74, 6) is -0.551. The number of anilines is 2. The van der Waals surface area contributed by atoms with Crippen molar-refractivity contribution < 1.29 is 9.59 Å². The Labute approximate surface area is 187 Å². The number of rotatable bonds is 4. The Kier molecular flexibility index (Phi) is 6.35. The van der Waals surface area contributed by atoms with Crippen LogP contribution in [-0.4, -0.2) is 27.9 Å². The molecule has 0 spiro atoms. The molecule has 166 valence electrons. The number of aryl methyl sites for hydroxylation is 2. The molecule has 0 atom stereocenters. The van der Waals surface area contributed by atoms with Crippen molar-refractivity contribution in [3.63, 3.8) is 0 Å². The van der Waals surface area contributed by atoms with Gasteiger partial charge in [-0.25, -0.2) is 4.98 Å². The van der Waals surface area contributed by atoms with Crippen molar-refractivity contribution in [3.05, 3.63) is 64.2 Å². The van der Waals surface area contributed by atoms with Crippen molar-refractivity contribution >= 4 is 34.1 Å². The molecule has 1 N–H and O–H groups in total. The monoisotopic (exact) mass is 432 g/mol. The first-order valence-corrected chi connectivity index (χ1v) is 11.3. The van der Waals surface area contributed by atoms with Gasteiger partial charge in [-0.1, -0.05) is 31.5 Å². The minimum Gasteiger partial charge on any atom is -0.318 e. The first kappa shape index (κ1) is 21.7. The highest BCUT2D eigenvalue weighted by atomic mass is 16.2. The third-order valence-electron chi connectivity index (χ3n) is 5.99. The number of fused-ring (bicyclic) bond motifs is 2. The number of carbonyl (C=O) groups is 2. The third kappa shape index (κ3) is 4.15. The van der Waals surface area contributed by atoms with Gasteiger partial charge in [-0.3, -0.25) is 19.0 Å². The van der Waals surface area contributed by atoms with Crippen LogP contribution >= 0.6 is 0 Å². The summed E-state index contributed by atoms with van der Waals surface area (Å²) in [7, 11) is 0. The highest BCUT2D eigenvalue weighted by Gasteiger charge is 2.24. The zero-order chi connectivity index (χ0) is 22.7. The van der Waals surface area contributed by atoms with E-state index in [4.69, 9.17) is 0 Å². The van der Waals surface area contributed by atoms with Crippen LogP contribution in [0.4, 0.5) is 11.4 Å². The largest absolute Gasteiger partial charge is 0.318 e. The van der Waals surface area contributed by atoms with E-state index >= 15 is 0 Å². The van der Waals surface area contributed by atoms with Crippen LogP contribution in [0.25, 0.3) is 10.9 Å². The van der Waals surface area contributed by atoms with Gasteiger partial charge in [0.25, 0.3) is 5.56 Å². The van der Waals surface area contributed by atoms with Gasteiger partial charge < -0.3 is 10.2 Å². The highest BCUT2D eigenvalue weighted by molar-refractivity contribution is 6.44. The maximum atomic E-state index is 13.0. The Hall–Kier alpha value is -3.48. The minimum absolute atomic E-state index is 0.0959. The van der Waals surface area contributed by atoms with Gasteiger partial charge in [-0.2, -0.15) is 0 Å². The summed E-state index contributed by atoms with van der Waals surface area (Å²) in [4.78, 5) is 44.9. The van der Waals surface area contributed by atoms with Crippen molar-refractivity contribution in [2.24, 2.45) is 0 Å². The summed E-state index contributed by atoms with van der Waals surface area (Å²) in [6.07, 6.45) is 4.62. The Morgan fingerprint density at radius 3 is 2.69 bits per heavy atom. The molecule has 4 rings (SSSR count). The lowest BCUT2D eigenvalue weighted by atomic mass is 10.1. The molecule has 2 amide bonds. The molecule has 0 saturated heterocycles. The average molecular weight is 433 g/mol. The van der Waals surface area contributed by atoms with Crippen molar-refractivity contribution in [2.75, 3.05) is 16.8 Å². The highest BCUT2D eigenvalue weighted by Crippen LogP contribution is 2.22. The van der Waals surface area contributed by atoms with E-state index in [2.05, 4.69) is 10.3 Å². The van der Waals surface area contributed by atoms with E-state index in [1.54, 1.807) is 22.8 Å². The van der Waals surface area contributed by atoms with Gasteiger partial charge in [0, 0.05) is 30.9 Å². The standard InChI is InChI=1S/C25H28N4O3/c1-3-17-10-7-8-11-21(17)28(4-2)25(32)23(30)26-18-13-14-20-19(16-18)24(31)29-15-9-5-6-12-22(29)27-20/h7-8,10-11,13-14,16H,3-6,9,12,15H2,1-2H3,(H,26,30). The summed E-state index contributed by atoms with van der Waals surface area (Å²) >= 11 is 0. The molecule has 0 unspecified atom stereocenters. The van der Waals surface area contributed by atoms with Crippen LogP contribution in [0, 0.1) is 0 Å². The first-order chi connectivity index (χ1) is 15.5. The lowest BCUT2D eigenvalue weighted by Gasteiger charge is -2.23. The number of carbonyl (C=O) groups excluding carboxylic acids is 2. The summed E-state index contributed by atoms with van der Waals surface area (Å²) in [5.41, 5.74) is 2.66. The van der Waals surface area contributed by atoms with Crippen LogP contribution < -0.4 is 15.8 Å². The molecule has 0 aliphatic carbocycles. The maximum absolute atomic E-state index is 13.0. The summed E-state index contributed by atoms with van der Waals surface area (Å²) in [6, 6.07) is 12.6. The first-order valence-electron chi connectivity index (χ1n) is 11.3. The molecule has 32 heavy (non-hydrogen) atoms. The lowest BCUT2D eigenvalue weighted by Crippen LogP contribution is -2.40. The smallest absolute Gasteiger partial charge is 0.316 e. The van der Waals surface area contributed by atoms with E-state index in [9.17, 15) is 14.4 Å². The fourth-order valence-corrected chi connectivity index (χ4v) is 4.30. The molecule has 7 nitrogen and oxygen atoms in total. The van der Waals surface area contributed by atoms with Crippen molar-refractivity contribution in [1.82, 2.24) is 9.55 Å². The number of nitrogens with one attached hydrogen (secondary N) is 1. The number of aromatic nitrogens is 2. The molecule has 7 heteroatoms. The minimum atomic E-state index is -0.736. The molecule has 0 bridgehead atoms. The van der Waals surface area contributed by atoms with Gasteiger partial charge in [-0.05, 0) is 56.0 Å². The van der Waals surface area contributed by atoms with Gasteiger partial charge in [0.05, 0.1) is 10.9 Å². The summed E-state index contributed by atoms with van der Waals surface area (Å²) < 4.78 is 1.74. The van der Waals surface area contributed by atoms with E-state index < -0.39 is 11.8 Å². The second-order valence-electron chi connectivity index (χ2n) is 8.01. The van der Waals surface area contributed by atoms with E-state index in [-0.39, 0.29) is 5.56 Å². The van der Waals surface area contributed by atoms with Crippen molar-refractivity contribution in [2.45, 2.75) is 52.5 Å².